The molecule has 1 N–H and O–H groups in total. The zero-order valence-corrected chi connectivity index (χ0v) is 23.9. The molecule has 0 spiro atoms. The van der Waals surface area contributed by atoms with Crippen molar-refractivity contribution in [1.29, 1.82) is 0 Å². The summed E-state index contributed by atoms with van der Waals surface area (Å²) >= 11 is 0. The highest BCUT2D eigenvalue weighted by molar-refractivity contribution is 6.04. The molecular formula is C33H35F2N3O4. The highest BCUT2D eigenvalue weighted by Gasteiger charge is 2.26. The number of hydrogen-bond acceptors (Lipinski definition) is 5. The average Bonchev–Trinajstić information content (AvgIpc) is 3.00. The SMILES string of the molecule is CCCC(=O)N(CCC(=C=O)N1CCC(c2ccccc2NC(=O)c2ccc(OC)cc2)CC1)c1ccc(F)cc1F. The number of halogens is 2. The van der Waals surface area contributed by atoms with E-state index in [9.17, 15) is 23.2 Å². The zero-order chi connectivity index (χ0) is 30.1. The molecule has 0 aromatic heterocycles. The Bertz CT molecular complexity index is 1450. The van der Waals surface area contributed by atoms with Crippen molar-refractivity contribution >= 4 is 29.1 Å². The number of carbonyl (C=O) groups excluding carboxylic acids is 3. The highest BCUT2D eigenvalue weighted by Crippen LogP contribution is 2.34. The average molecular weight is 576 g/mol. The minimum Gasteiger partial charge on any atom is -0.497 e. The maximum Gasteiger partial charge on any atom is 0.255 e. The van der Waals surface area contributed by atoms with E-state index in [0.717, 1.165) is 36.2 Å². The molecular weight excluding hydrogens is 540 g/mol. The number of methoxy groups -OCH3 is 1. The lowest BCUT2D eigenvalue weighted by Gasteiger charge is -2.35. The van der Waals surface area contributed by atoms with E-state index in [4.69, 9.17) is 4.74 Å². The van der Waals surface area contributed by atoms with Gasteiger partial charge in [-0.3, -0.25) is 9.59 Å². The van der Waals surface area contributed by atoms with Gasteiger partial charge in [-0.25, -0.2) is 13.6 Å². The molecule has 1 aliphatic rings. The van der Waals surface area contributed by atoms with Gasteiger partial charge in [-0.1, -0.05) is 25.1 Å². The van der Waals surface area contributed by atoms with Crippen LogP contribution in [-0.2, 0) is 9.59 Å². The quantitative estimate of drug-likeness (QED) is 0.270. The summed E-state index contributed by atoms with van der Waals surface area (Å²) < 4.78 is 33.2. The Labute approximate surface area is 244 Å². The fourth-order valence-electron chi connectivity index (χ4n) is 5.28. The van der Waals surface area contributed by atoms with Gasteiger partial charge in [-0.05, 0) is 73.2 Å². The van der Waals surface area contributed by atoms with Gasteiger partial charge in [-0.15, -0.1) is 0 Å². The van der Waals surface area contributed by atoms with Gasteiger partial charge in [0.2, 0.25) is 5.91 Å². The molecule has 42 heavy (non-hydrogen) atoms. The molecule has 220 valence electrons. The van der Waals surface area contributed by atoms with Gasteiger partial charge in [0.15, 0.2) is 0 Å². The summed E-state index contributed by atoms with van der Waals surface area (Å²) in [6.45, 7) is 3.10. The molecule has 0 saturated carbocycles. The number of ether oxygens (including phenoxy) is 1. The van der Waals surface area contributed by atoms with Crippen LogP contribution in [0.15, 0.2) is 72.4 Å². The highest BCUT2D eigenvalue weighted by atomic mass is 19.1. The second kappa shape index (κ2) is 14.4. The van der Waals surface area contributed by atoms with E-state index in [-0.39, 0.29) is 42.8 Å². The molecule has 7 nitrogen and oxygen atoms in total. The van der Waals surface area contributed by atoms with Gasteiger partial charge < -0.3 is 19.9 Å². The van der Waals surface area contributed by atoms with Crippen LogP contribution in [0.25, 0.3) is 0 Å². The number of nitrogens with one attached hydrogen (secondary N) is 1. The summed E-state index contributed by atoms with van der Waals surface area (Å²) in [5.41, 5.74) is 2.69. The largest absolute Gasteiger partial charge is 0.497 e. The van der Waals surface area contributed by atoms with Crippen molar-refractivity contribution in [3.8, 4) is 5.75 Å². The number of hydrogen-bond donors (Lipinski definition) is 1. The van der Waals surface area contributed by atoms with Crippen molar-refractivity contribution in [2.75, 3.05) is 37.0 Å². The summed E-state index contributed by atoms with van der Waals surface area (Å²) in [6, 6.07) is 17.7. The number of piperidine rings is 1. The monoisotopic (exact) mass is 575 g/mol. The molecule has 1 heterocycles. The number of rotatable bonds is 11. The van der Waals surface area contributed by atoms with Gasteiger partial charge in [0.05, 0.1) is 12.8 Å². The maximum absolute atomic E-state index is 14.5. The second-order valence-electron chi connectivity index (χ2n) is 10.2. The van der Waals surface area contributed by atoms with Crippen LogP contribution in [0.5, 0.6) is 5.75 Å². The van der Waals surface area contributed by atoms with Crippen molar-refractivity contribution in [1.82, 2.24) is 4.90 Å². The van der Waals surface area contributed by atoms with Gasteiger partial charge in [0.1, 0.15) is 29.0 Å². The predicted octanol–water partition coefficient (Wildman–Crippen LogP) is 6.34. The number of para-hydroxylation sites is 1. The predicted molar refractivity (Wildman–Crippen MR) is 158 cm³/mol. The minimum absolute atomic E-state index is 0.00731. The van der Waals surface area contributed by atoms with E-state index in [1.807, 2.05) is 42.0 Å². The Morgan fingerprint density at radius 1 is 1.02 bits per heavy atom. The van der Waals surface area contributed by atoms with Gasteiger partial charge >= 0.3 is 0 Å². The smallest absolute Gasteiger partial charge is 0.255 e. The van der Waals surface area contributed by atoms with Crippen LogP contribution in [0, 0.1) is 11.6 Å². The fraction of sp³-hybridized carbons (Fsp3) is 0.333. The van der Waals surface area contributed by atoms with Crippen LogP contribution in [0.4, 0.5) is 20.2 Å². The third-order valence-electron chi connectivity index (χ3n) is 7.53. The van der Waals surface area contributed by atoms with Crippen LogP contribution >= 0.6 is 0 Å². The third kappa shape index (κ3) is 7.42. The summed E-state index contributed by atoms with van der Waals surface area (Å²) in [4.78, 5) is 40.9. The van der Waals surface area contributed by atoms with E-state index in [1.165, 1.54) is 11.0 Å². The van der Waals surface area contributed by atoms with Crippen LogP contribution in [-0.4, -0.2) is 49.4 Å². The fourth-order valence-corrected chi connectivity index (χ4v) is 5.28. The molecule has 0 radical (unpaired) electrons. The summed E-state index contributed by atoms with van der Waals surface area (Å²) in [7, 11) is 1.57. The number of likely N-dealkylation sites (tertiary alicyclic amines) is 1. The van der Waals surface area contributed by atoms with Crippen molar-refractivity contribution < 1.29 is 27.9 Å². The first kappa shape index (κ1) is 30.5. The third-order valence-corrected chi connectivity index (χ3v) is 7.53. The second-order valence-corrected chi connectivity index (χ2v) is 10.2. The molecule has 0 atom stereocenters. The molecule has 3 aromatic carbocycles. The number of amides is 2. The van der Waals surface area contributed by atoms with Crippen molar-refractivity contribution in [3.05, 3.63) is 95.2 Å². The van der Waals surface area contributed by atoms with Crippen LogP contribution in [0.1, 0.15) is 60.9 Å². The summed E-state index contributed by atoms with van der Waals surface area (Å²) in [6.07, 6.45) is 2.45. The molecule has 4 rings (SSSR count). The topological polar surface area (TPSA) is 79.0 Å². The Morgan fingerprint density at radius 2 is 1.74 bits per heavy atom. The van der Waals surface area contributed by atoms with E-state index in [1.54, 1.807) is 31.4 Å². The number of benzene rings is 3. The van der Waals surface area contributed by atoms with Crippen LogP contribution in [0.3, 0.4) is 0 Å². The molecule has 1 fully saturated rings. The molecule has 0 aliphatic carbocycles. The Hall–Kier alpha value is -4.49. The summed E-state index contributed by atoms with van der Waals surface area (Å²) in [5.74, 6) is 0.808. The van der Waals surface area contributed by atoms with Crippen LogP contribution < -0.4 is 15.0 Å². The van der Waals surface area contributed by atoms with Crippen molar-refractivity contribution in [2.45, 2.75) is 44.9 Å². The molecule has 1 saturated heterocycles. The normalized spacial score (nSPS) is 13.3. The Kier molecular flexibility index (Phi) is 10.5. The molecule has 2 amide bonds. The van der Waals surface area contributed by atoms with Gasteiger partial charge in [0.25, 0.3) is 5.91 Å². The van der Waals surface area contributed by atoms with Crippen molar-refractivity contribution in [3.63, 3.8) is 0 Å². The Morgan fingerprint density at radius 3 is 2.38 bits per heavy atom. The van der Waals surface area contributed by atoms with Gasteiger partial charge in [-0.2, -0.15) is 0 Å². The van der Waals surface area contributed by atoms with Crippen LogP contribution in [0.2, 0.25) is 0 Å². The minimum atomic E-state index is -0.824. The number of nitrogens with zero attached hydrogens (tertiary/aromatic N) is 2. The first-order valence-electron chi connectivity index (χ1n) is 14.1. The first-order chi connectivity index (χ1) is 20.3. The molecule has 3 aromatic rings. The van der Waals surface area contributed by atoms with E-state index >= 15 is 0 Å². The van der Waals surface area contributed by atoms with Crippen molar-refractivity contribution in [2.24, 2.45) is 0 Å². The van der Waals surface area contributed by atoms with Gasteiger partial charge in [0, 0.05) is 49.8 Å². The van der Waals surface area contributed by atoms with E-state index in [0.29, 0.717) is 36.5 Å². The number of anilines is 2. The summed E-state index contributed by atoms with van der Waals surface area (Å²) in [5, 5.41) is 3.03. The lowest BCUT2D eigenvalue weighted by Crippen LogP contribution is -2.37. The maximum atomic E-state index is 14.5. The van der Waals surface area contributed by atoms with E-state index in [2.05, 4.69) is 5.32 Å². The van der Waals surface area contributed by atoms with E-state index < -0.39 is 11.6 Å². The molecule has 0 unspecified atom stereocenters. The molecule has 1 aliphatic heterocycles. The lowest BCUT2D eigenvalue weighted by molar-refractivity contribution is -0.118. The Balaban J connectivity index is 1.40. The lowest BCUT2D eigenvalue weighted by atomic mass is 9.88. The standard InChI is InChI=1S/C33H35F2N3O4/c1-3-6-32(40)38(31-14-11-25(34)21-29(31)35)20-17-26(22-39)37-18-15-23(16-19-37)28-7-4-5-8-30(28)36-33(41)24-9-12-27(42-2)13-10-24/h4-5,7-14,21,23H,3,6,15-20H2,1-2H3,(H,36,41). The first-order valence-corrected chi connectivity index (χ1v) is 14.1. The zero-order valence-electron chi connectivity index (χ0n) is 23.9. The molecule has 9 heteroatoms. The molecule has 0 bridgehead atoms. The number of carbonyl (C=O) groups is 2.